The average Bonchev–Trinajstić information content (AvgIpc) is 1.95. The van der Waals surface area contributed by atoms with Crippen molar-refractivity contribution in [3.63, 3.8) is 0 Å². The van der Waals surface area contributed by atoms with Crippen LogP contribution in [0.3, 0.4) is 0 Å². The number of rotatable bonds is 1. The summed E-state index contributed by atoms with van der Waals surface area (Å²) in [5.74, 6) is 1.03. The van der Waals surface area contributed by atoms with Gasteiger partial charge < -0.3 is 5.73 Å². The monoisotopic (exact) mass is 208 g/mol. The highest BCUT2D eigenvalue weighted by atomic mass is 14.7. The maximum absolute atomic E-state index is 4.39. The standard InChI is InChI=1S/C14H25N/c1-10(15)14-6-11-4-12(2,8-14)7-13(3,5-11)9-14/h10-11H,4-9,15H2,1-3H3/p+1/t10-,11?,12-,13+,14?/m1/s1. The fraction of sp³-hybridized carbons (Fsp3) is 1.00. The summed E-state index contributed by atoms with van der Waals surface area (Å²) >= 11 is 0. The van der Waals surface area contributed by atoms with Crippen LogP contribution in [0, 0.1) is 22.2 Å². The zero-order valence-electron chi connectivity index (χ0n) is 10.6. The minimum atomic E-state index is 0.614. The number of hydrogen-bond acceptors (Lipinski definition) is 0. The second-order valence-corrected chi connectivity index (χ2v) is 7.89. The maximum atomic E-state index is 4.39. The molecule has 0 aliphatic heterocycles. The number of quaternary nitrogens is 1. The topological polar surface area (TPSA) is 27.6 Å². The summed E-state index contributed by atoms with van der Waals surface area (Å²) in [5.41, 5.74) is 6.34. The molecule has 0 spiro atoms. The minimum absolute atomic E-state index is 0.614. The van der Waals surface area contributed by atoms with Gasteiger partial charge >= 0.3 is 0 Å². The Hall–Kier alpha value is -0.0400. The van der Waals surface area contributed by atoms with Gasteiger partial charge in [0.2, 0.25) is 0 Å². The van der Waals surface area contributed by atoms with Gasteiger partial charge in [0.1, 0.15) is 0 Å². The van der Waals surface area contributed by atoms with E-state index < -0.39 is 0 Å². The fourth-order valence-corrected chi connectivity index (χ4v) is 6.09. The molecule has 15 heavy (non-hydrogen) atoms. The van der Waals surface area contributed by atoms with E-state index in [9.17, 15) is 0 Å². The van der Waals surface area contributed by atoms with E-state index in [1.807, 2.05) is 0 Å². The number of hydrogen-bond donors (Lipinski definition) is 1. The van der Waals surface area contributed by atoms with Crippen LogP contribution in [-0.2, 0) is 0 Å². The van der Waals surface area contributed by atoms with Crippen molar-refractivity contribution in [2.75, 3.05) is 0 Å². The quantitative estimate of drug-likeness (QED) is 0.686. The van der Waals surface area contributed by atoms with E-state index in [2.05, 4.69) is 26.5 Å². The largest absolute Gasteiger partial charge is 0.355 e. The molecule has 4 fully saturated rings. The Balaban J connectivity index is 2.02. The fourth-order valence-electron chi connectivity index (χ4n) is 6.09. The molecular weight excluding hydrogens is 182 g/mol. The summed E-state index contributed by atoms with van der Waals surface area (Å²) in [6.07, 6.45) is 8.94. The van der Waals surface area contributed by atoms with E-state index >= 15 is 0 Å². The van der Waals surface area contributed by atoms with Crippen LogP contribution in [-0.4, -0.2) is 6.04 Å². The first-order valence-corrected chi connectivity index (χ1v) is 6.68. The molecule has 3 N–H and O–H groups in total. The minimum Gasteiger partial charge on any atom is -0.355 e. The first-order chi connectivity index (χ1) is 6.85. The Labute approximate surface area is 93.8 Å². The van der Waals surface area contributed by atoms with Crippen molar-refractivity contribution in [3.8, 4) is 0 Å². The first kappa shape index (κ1) is 10.1. The molecule has 0 heterocycles. The van der Waals surface area contributed by atoms with Crippen LogP contribution in [0.2, 0.25) is 0 Å². The van der Waals surface area contributed by atoms with E-state index in [0.717, 1.165) is 5.92 Å². The molecule has 0 aromatic carbocycles. The van der Waals surface area contributed by atoms with Crippen molar-refractivity contribution in [1.29, 1.82) is 0 Å². The molecule has 0 radical (unpaired) electrons. The van der Waals surface area contributed by atoms with Crippen LogP contribution in [0.1, 0.15) is 59.3 Å². The summed E-state index contributed by atoms with van der Waals surface area (Å²) < 4.78 is 0. The molecule has 0 aromatic rings. The highest BCUT2D eigenvalue weighted by Crippen LogP contribution is 2.69. The van der Waals surface area contributed by atoms with Crippen LogP contribution in [0.4, 0.5) is 0 Å². The smallest absolute Gasteiger partial charge is 0.0872 e. The van der Waals surface area contributed by atoms with Gasteiger partial charge in [-0.2, -0.15) is 0 Å². The van der Waals surface area contributed by atoms with E-state index in [0.29, 0.717) is 22.3 Å². The summed E-state index contributed by atoms with van der Waals surface area (Å²) in [7, 11) is 0. The third-order valence-electron chi connectivity index (χ3n) is 5.71. The van der Waals surface area contributed by atoms with Crippen molar-refractivity contribution >= 4 is 0 Å². The van der Waals surface area contributed by atoms with Gasteiger partial charge in [-0.05, 0) is 62.2 Å². The first-order valence-electron chi connectivity index (χ1n) is 6.68. The highest BCUT2D eigenvalue weighted by molar-refractivity contribution is 5.11. The third-order valence-corrected chi connectivity index (χ3v) is 5.71. The molecule has 4 aliphatic carbocycles. The summed E-state index contributed by atoms with van der Waals surface area (Å²) in [4.78, 5) is 0. The Morgan fingerprint density at radius 1 is 1.00 bits per heavy atom. The summed E-state index contributed by atoms with van der Waals surface area (Å²) in [5, 5.41) is 0. The Morgan fingerprint density at radius 2 is 1.53 bits per heavy atom. The van der Waals surface area contributed by atoms with Crippen LogP contribution >= 0.6 is 0 Å². The lowest BCUT2D eigenvalue weighted by Gasteiger charge is -2.65. The van der Waals surface area contributed by atoms with Gasteiger partial charge in [-0.3, -0.25) is 0 Å². The van der Waals surface area contributed by atoms with Crippen LogP contribution in [0.5, 0.6) is 0 Å². The van der Waals surface area contributed by atoms with E-state index in [1.54, 1.807) is 0 Å². The predicted molar refractivity (Wildman–Crippen MR) is 62.2 cm³/mol. The molecular formula is C14H26N+. The van der Waals surface area contributed by atoms with Gasteiger partial charge in [-0.15, -0.1) is 0 Å². The molecule has 0 amide bonds. The zero-order valence-corrected chi connectivity index (χ0v) is 10.6. The van der Waals surface area contributed by atoms with Gasteiger partial charge in [0.15, 0.2) is 0 Å². The van der Waals surface area contributed by atoms with E-state index in [-0.39, 0.29) is 0 Å². The average molecular weight is 208 g/mol. The molecule has 86 valence electrons. The lowest BCUT2D eigenvalue weighted by atomic mass is 9.39. The zero-order chi connectivity index (χ0) is 10.9. The third kappa shape index (κ3) is 1.32. The van der Waals surface area contributed by atoms with Gasteiger partial charge in [0.25, 0.3) is 0 Å². The van der Waals surface area contributed by atoms with Gasteiger partial charge in [0.05, 0.1) is 6.04 Å². The van der Waals surface area contributed by atoms with Crippen LogP contribution in [0.25, 0.3) is 0 Å². The SMILES string of the molecule is C[C@@H]([NH3+])C12CC3C[C@@](C)(C1)C[C@](C)(C3)C2. The molecule has 4 bridgehead atoms. The van der Waals surface area contributed by atoms with Crippen molar-refractivity contribution < 1.29 is 5.73 Å². The van der Waals surface area contributed by atoms with Gasteiger partial charge in [0, 0.05) is 5.41 Å². The van der Waals surface area contributed by atoms with Crippen molar-refractivity contribution in [3.05, 3.63) is 0 Å². The predicted octanol–water partition coefficient (Wildman–Crippen LogP) is 2.61. The summed E-state index contributed by atoms with van der Waals surface area (Å²) in [6, 6.07) is 0.652. The molecule has 0 saturated heterocycles. The molecule has 4 aliphatic rings. The Kier molecular flexibility index (Phi) is 1.77. The van der Waals surface area contributed by atoms with Crippen molar-refractivity contribution in [2.45, 2.75) is 65.3 Å². The van der Waals surface area contributed by atoms with Crippen molar-refractivity contribution in [1.82, 2.24) is 0 Å². The molecule has 4 rings (SSSR count). The van der Waals surface area contributed by atoms with Crippen LogP contribution in [0.15, 0.2) is 0 Å². The summed E-state index contributed by atoms with van der Waals surface area (Å²) in [6.45, 7) is 7.46. The van der Waals surface area contributed by atoms with E-state index in [4.69, 9.17) is 0 Å². The molecule has 1 nitrogen and oxygen atoms in total. The molecule has 0 aromatic heterocycles. The van der Waals surface area contributed by atoms with Gasteiger partial charge in [-0.25, -0.2) is 0 Å². The second kappa shape index (κ2) is 2.61. The molecule has 5 atom stereocenters. The highest BCUT2D eigenvalue weighted by Gasteiger charge is 2.61. The Bertz CT molecular complexity index is 276. The maximum Gasteiger partial charge on any atom is 0.0872 e. The molecule has 4 saturated carbocycles. The molecule has 2 unspecified atom stereocenters. The van der Waals surface area contributed by atoms with Crippen LogP contribution < -0.4 is 5.73 Å². The molecule has 1 heteroatoms. The second-order valence-electron chi connectivity index (χ2n) is 7.89. The lowest BCUT2D eigenvalue weighted by molar-refractivity contribution is -0.456. The van der Waals surface area contributed by atoms with E-state index in [1.165, 1.54) is 38.5 Å². The lowest BCUT2D eigenvalue weighted by Crippen LogP contribution is -2.72. The Morgan fingerprint density at radius 3 is 1.93 bits per heavy atom. The van der Waals surface area contributed by atoms with Gasteiger partial charge in [-0.1, -0.05) is 13.8 Å². The normalized spacial score (nSPS) is 59.6. The van der Waals surface area contributed by atoms with Crippen molar-refractivity contribution in [2.24, 2.45) is 22.2 Å².